The molecule has 2 aliphatic rings. The maximum Gasteiger partial charge on any atom is 0.238 e. The maximum absolute atomic E-state index is 13.3. The Balaban J connectivity index is 1.28. The number of Topliss-reactive ketones (excluding diaryl/α,β-unsaturated/α-hetero) is 1. The summed E-state index contributed by atoms with van der Waals surface area (Å²) >= 11 is 2.46. The van der Waals surface area contributed by atoms with E-state index >= 15 is 0 Å². The van der Waals surface area contributed by atoms with E-state index in [1.807, 2.05) is 31.2 Å². The van der Waals surface area contributed by atoms with Crippen LogP contribution < -0.4 is 21.1 Å². The van der Waals surface area contributed by atoms with E-state index in [1.54, 1.807) is 17.0 Å². The van der Waals surface area contributed by atoms with Gasteiger partial charge in [0.15, 0.2) is 10.1 Å². The molecule has 1 aliphatic heterocycles. The normalized spacial score (nSPS) is 17.1. The van der Waals surface area contributed by atoms with Gasteiger partial charge in [-0.25, -0.2) is 13.6 Å². The van der Waals surface area contributed by atoms with Crippen LogP contribution in [0.5, 0.6) is 0 Å². The van der Waals surface area contributed by atoms with Gasteiger partial charge in [-0.15, -0.1) is 10.2 Å². The molecule has 1 unspecified atom stereocenters. The topological polar surface area (TPSA) is 185 Å². The molecule has 1 amide bonds. The number of nitriles is 1. The van der Waals surface area contributed by atoms with Crippen LogP contribution in [0.2, 0.25) is 0 Å². The smallest absolute Gasteiger partial charge is 0.238 e. The molecule has 5 N–H and O–H groups in total. The highest BCUT2D eigenvalue weighted by Gasteiger charge is 2.41. The van der Waals surface area contributed by atoms with Crippen molar-refractivity contribution in [1.82, 2.24) is 15.5 Å². The molecule has 2 aromatic carbocycles. The van der Waals surface area contributed by atoms with Gasteiger partial charge in [-0.3, -0.25) is 14.5 Å². The number of sulfonamides is 1. The number of nitrogens with one attached hydrogen (secondary N) is 1. The third kappa shape index (κ3) is 6.50. The molecule has 0 fully saturated rings. The zero-order valence-electron chi connectivity index (χ0n) is 23.2. The van der Waals surface area contributed by atoms with Gasteiger partial charge in [0.1, 0.15) is 5.82 Å². The number of aromatic nitrogens is 2. The van der Waals surface area contributed by atoms with E-state index in [1.165, 1.54) is 35.2 Å². The highest BCUT2D eigenvalue weighted by atomic mass is 32.2. The number of aryl methyl sites for hydroxylation is 1. The summed E-state index contributed by atoms with van der Waals surface area (Å²) in [4.78, 5) is 27.5. The number of benzene rings is 2. The Kier molecular flexibility index (Phi) is 8.97. The van der Waals surface area contributed by atoms with Crippen LogP contribution in [-0.2, 0) is 26.0 Å². The number of hydrogen-bond donors (Lipinski definition) is 3. The van der Waals surface area contributed by atoms with E-state index in [9.17, 15) is 23.3 Å². The summed E-state index contributed by atoms with van der Waals surface area (Å²) in [7, 11) is -3.75. The van der Waals surface area contributed by atoms with E-state index in [2.05, 4.69) is 21.6 Å². The van der Waals surface area contributed by atoms with E-state index < -0.39 is 15.9 Å². The molecule has 1 aromatic heterocycles. The molecule has 1 atom stereocenters. The fraction of sp³-hybridized carbons (Fsp3) is 0.276. The standard InChI is InChI=1S/C29H29N7O4S3/c1-17-5-2-3-6-20(17)25-21(15-30)27(31)36(22-7-4-8-23(37)26(22)25)28-34-35-29(42-28)41-16-24(38)33-14-13-18-9-11-19(12-10-18)43(32,39)40/h2-3,5-6,9-12,25H,4,7-8,13-14,16,31H2,1H3,(H,33,38)(H2,32,39,40). The molecule has 5 rings (SSSR count). The predicted octanol–water partition coefficient (Wildman–Crippen LogP) is 3.25. The number of nitrogens with two attached hydrogens (primary N) is 2. The Bertz CT molecular complexity index is 1790. The second-order valence-corrected chi connectivity index (χ2v) is 13.8. The zero-order valence-corrected chi connectivity index (χ0v) is 25.7. The fourth-order valence-electron chi connectivity index (χ4n) is 5.25. The van der Waals surface area contributed by atoms with Crippen LogP contribution in [0, 0.1) is 18.3 Å². The molecule has 11 nitrogen and oxygen atoms in total. The van der Waals surface area contributed by atoms with Crippen LogP contribution in [0.15, 0.2) is 80.4 Å². The predicted molar refractivity (Wildman–Crippen MR) is 164 cm³/mol. The summed E-state index contributed by atoms with van der Waals surface area (Å²) in [5.74, 6) is -0.406. The number of carbonyl (C=O) groups excluding carboxylic acids is 2. The molecule has 0 saturated carbocycles. The van der Waals surface area contributed by atoms with Crippen molar-refractivity contribution in [2.75, 3.05) is 17.2 Å². The molecule has 0 saturated heterocycles. The number of amides is 1. The molecule has 43 heavy (non-hydrogen) atoms. The highest BCUT2D eigenvalue weighted by molar-refractivity contribution is 8.01. The molecular weight excluding hydrogens is 607 g/mol. The van der Waals surface area contributed by atoms with Crippen LogP contribution in [0.25, 0.3) is 0 Å². The van der Waals surface area contributed by atoms with E-state index in [0.717, 1.165) is 22.4 Å². The monoisotopic (exact) mass is 635 g/mol. The van der Waals surface area contributed by atoms with E-state index in [-0.39, 0.29) is 28.2 Å². The first-order valence-corrected chi connectivity index (χ1v) is 16.8. The molecule has 14 heteroatoms. The van der Waals surface area contributed by atoms with E-state index in [4.69, 9.17) is 10.9 Å². The fourth-order valence-corrected chi connectivity index (χ4v) is 7.47. The van der Waals surface area contributed by atoms with Crippen molar-refractivity contribution in [3.05, 3.63) is 87.9 Å². The van der Waals surface area contributed by atoms with Gasteiger partial charge in [0.05, 0.1) is 28.2 Å². The Morgan fingerprint density at radius 1 is 1.19 bits per heavy atom. The van der Waals surface area contributed by atoms with Crippen molar-refractivity contribution in [1.29, 1.82) is 5.26 Å². The number of carbonyl (C=O) groups is 2. The molecule has 1 aliphatic carbocycles. The second-order valence-electron chi connectivity index (χ2n) is 10.1. The summed E-state index contributed by atoms with van der Waals surface area (Å²) in [5.41, 5.74) is 11.0. The lowest BCUT2D eigenvalue weighted by Gasteiger charge is -2.38. The number of thioether (sulfide) groups is 1. The molecule has 0 spiro atoms. The molecule has 222 valence electrons. The van der Waals surface area contributed by atoms with Gasteiger partial charge in [0, 0.05) is 24.2 Å². The lowest BCUT2D eigenvalue weighted by molar-refractivity contribution is -0.118. The zero-order chi connectivity index (χ0) is 30.7. The van der Waals surface area contributed by atoms with Crippen molar-refractivity contribution in [3.8, 4) is 6.07 Å². The number of anilines is 1. The van der Waals surface area contributed by atoms with Crippen LogP contribution in [0.3, 0.4) is 0 Å². The first-order chi connectivity index (χ1) is 20.6. The van der Waals surface area contributed by atoms with Gasteiger partial charge in [0.25, 0.3) is 0 Å². The van der Waals surface area contributed by atoms with Gasteiger partial charge in [0.2, 0.25) is 21.1 Å². The molecular formula is C29H29N7O4S3. The third-order valence-corrected chi connectivity index (χ3v) is 10.3. The average molecular weight is 636 g/mol. The van der Waals surface area contributed by atoms with Crippen molar-refractivity contribution in [2.24, 2.45) is 10.9 Å². The Morgan fingerprint density at radius 2 is 1.93 bits per heavy atom. The Labute approximate surface area is 257 Å². The first-order valence-electron chi connectivity index (χ1n) is 13.4. The van der Waals surface area contributed by atoms with Gasteiger partial charge in [-0.2, -0.15) is 5.26 Å². The van der Waals surface area contributed by atoms with Gasteiger partial charge in [-0.1, -0.05) is 59.5 Å². The molecule has 0 bridgehead atoms. The lowest BCUT2D eigenvalue weighted by Crippen LogP contribution is -2.38. The minimum atomic E-state index is -3.75. The second kappa shape index (κ2) is 12.7. The van der Waals surface area contributed by atoms with Gasteiger partial charge >= 0.3 is 0 Å². The summed E-state index contributed by atoms with van der Waals surface area (Å²) in [6.45, 7) is 2.33. The number of nitrogens with zero attached hydrogens (tertiary/aromatic N) is 4. The van der Waals surface area contributed by atoms with Crippen LogP contribution in [0.1, 0.15) is 41.9 Å². The van der Waals surface area contributed by atoms with Crippen LogP contribution >= 0.6 is 23.1 Å². The number of rotatable bonds is 9. The van der Waals surface area contributed by atoms with E-state index in [0.29, 0.717) is 52.8 Å². The number of ketones is 1. The number of allylic oxidation sites excluding steroid dienone is 3. The van der Waals surface area contributed by atoms with Crippen LogP contribution in [-0.4, -0.2) is 42.6 Å². The largest absolute Gasteiger partial charge is 0.384 e. The summed E-state index contributed by atoms with van der Waals surface area (Å²) in [5, 5.41) is 27.1. The van der Waals surface area contributed by atoms with Crippen molar-refractivity contribution >= 4 is 49.9 Å². The number of hydrogen-bond acceptors (Lipinski definition) is 11. The minimum Gasteiger partial charge on any atom is -0.384 e. The van der Waals surface area contributed by atoms with Gasteiger partial charge < -0.3 is 11.1 Å². The van der Waals surface area contributed by atoms with Gasteiger partial charge in [-0.05, 0) is 55.0 Å². The van der Waals surface area contributed by atoms with Crippen molar-refractivity contribution in [2.45, 2.75) is 47.8 Å². The SMILES string of the molecule is Cc1ccccc1C1C(C#N)=C(N)N(c2nnc(SCC(=O)NCCc3ccc(S(N)(=O)=O)cc3)s2)C2=C1C(=O)CCC2. The summed E-state index contributed by atoms with van der Waals surface area (Å²) in [6, 6.07) is 16.2. The van der Waals surface area contributed by atoms with Crippen molar-refractivity contribution in [3.63, 3.8) is 0 Å². The van der Waals surface area contributed by atoms with Crippen LogP contribution in [0.4, 0.5) is 5.13 Å². The molecule has 3 aromatic rings. The molecule has 2 heterocycles. The maximum atomic E-state index is 13.3. The number of primary sulfonamides is 1. The summed E-state index contributed by atoms with van der Waals surface area (Å²) in [6.07, 6.45) is 2.20. The average Bonchev–Trinajstić information content (AvgIpc) is 3.44. The highest BCUT2D eigenvalue weighted by Crippen LogP contribution is 2.47. The Morgan fingerprint density at radius 3 is 2.63 bits per heavy atom. The first kappa shape index (κ1) is 30.4. The summed E-state index contributed by atoms with van der Waals surface area (Å²) < 4.78 is 23.3. The Hall–Kier alpha value is -4.03. The lowest BCUT2D eigenvalue weighted by atomic mass is 9.75. The minimum absolute atomic E-state index is 0.00380. The quantitative estimate of drug-likeness (QED) is 0.295. The molecule has 0 radical (unpaired) electrons. The third-order valence-electron chi connectivity index (χ3n) is 7.31. The van der Waals surface area contributed by atoms with Crippen molar-refractivity contribution < 1.29 is 18.0 Å².